The number of nitrogens with one attached hydrogen (secondary N) is 1. The molecular weight excluding hydrogens is 384 g/mol. The second-order valence-corrected chi connectivity index (χ2v) is 7.64. The zero-order valence-electron chi connectivity index (χ0n) is 15.2. The Morgan fingerprint density at radius 2 is 2.07 bits per heavy atom. The van der Waals surface area contributed by atoms with Crippen LogP contribution < -0.4 is 10.9 Å². The number of hydrogen-bond donors (Lipinski definition) is 1. The Bertz CT molecular complexity index is 884. The molecule has 4 rings (SSSR count). The third-order valence-electron chi connectivity index (χ3n) is 5.06. The van der Waals surface area contributed by atoms with Gasteiger partial charge >= 0.3 is 0 Å². The fourth-order valence-corrected chi connectivity index (χ4v) is 4.45. The predicted octanol–water partition coefficient (Wildman–Crippen LogP) is 2.12. The molecule has 2 aromatic rings. The van der Waals surface area contributed by atoms with E-state index in [-0.39, 0.29) is 35.5 Å². The van der Waals surface area contributed by atoms with E-state index >= 15 is 0 Å². The molecule has 1 aromatic carbocycles. The average molecular weight is 407 g/mol. The number of fused-ring (bicyclic) bond motifs is 1. The van der Waals surface area contributed by atoms with Crippen molar-refractivity contribution in [3.05, 3.63) is 57.5 Å². The van der Waals surface area contributed by atoms with Crippen molar-refractivity contribution in [2.24, 2.45) is 0 Å². The lowest BCUT2D eigenvalue weighted by molar-refractivity contribution is 0.0631. The van der Waals surface area contributed by atoms with E-state index in [9.17, 15) is 9.59 Å². The number of nitrogens with zero attached hydrogens (tertiary/aromatic N) is 3. The molecule has 8 heteroatoms. The zero-order chi connectivity index (χ0) is 18.1. The van der Waals surface area contributed by atoms with Gasteiger partial charge in [0.15, 0.2) is 5.16 Å². The Balaban J connectivity index is 0.00000210. The lowest BCUT2D eigenvalue weighted by Gasteiger charge is -2.36. The largest absolute Gasteiger partial charge is 0.329 e. The van der Waals surface area contributed by atoms with Crippen LogP contribution in [0.5, 0.6) is 0 Å². The summed E-state index contributed by atoms with van der Waals surface area (Å²) in [6, 6.07) is 8.31. The van der Waals surface area contributed by atoms with Gasteiger partial charge in [0.25, 0.3) is 11.5 Å². The Hall–Kier alpha value is -1.83. The first-order chi connectivity index (χ1) is 12.7. The van der Waals surface area contributed by atoms with Crippen LogP contribution in [0.4, 0.5) is 0 Å². The van der Waals surface area contributed by atoms with Gasteiger partial charge in [-0.15, -0.1) is 12.4 Å². The third-order valence-corrected chi connectivity index (χ3v) is 6.03. The van der Waals surface area contributed by atoms with Crippen LogP contribution in [0.2, 0.25) is 0 Å². The summed E-state index contributed by atoms with van der Waals surface area (Å²) in [5.41, 5.74) is 2.32. The van der Waals surface area contributed by atoms with Gasteiger partial charge in [-0.2, -0.15) is 0 Å². The number of carbonyl (C=O) groups is 1. The third kappa shape index (κ3) is 3.77. The molecule has 1 N–H and O–H groups in total. The summed E-state index contributed by atoms with van der Waals surface area (Å²) >= 11 is 1.56. The zero-order valence-corrected chi connectivity index (χ0v) is 16.8. The first-order valence-electron chi connectivity index (χ1n) is 9.02. The normalized spacial score (nSPS) is 18.7. The highest BCUT2D eigenvalue weighted by Crippen LogP contribution is 2.25. The van der Waals surface area contributed by atoms with E-state index in [2.05, 4.69) is 41.5 Å². The maximum absolute atomic E-state index is 13.2. The van der Waals surface area contributed by atoms with E-state index in [1.807, 2.05) is 4.90 Å². The van der Waals surface area contributed by atoms with Crippen molar-refractivity contribution in [2.45, 2.75) is 31.1 Å². The molecule has 144 valence electrons. The first kappa shape index (κ1) is 19.9. The molecule has 3 heterocycles. The molecule has 1 aromatic heterocycles. The summed E-state index contributed by atoms with van der Waals surface area (Å²) in [6.07, 6.45) is 2.44. The summed E-state index contributed by atoms with van der Waals surface area (Å²) in [7, 11) is 0. The number of benzene rings is 1. The Labute approximate surface area is 168 Å². The molecular formula is C19H23ClN4O2S. The molecule has 2 aliphatic heterocycles. The minimum absolute atomic E-state index is 0. The number of thioether (sulfide) groups is 1. The van der Waals surface area contributed by atoms with Crippen LogP contribution in [-0.2, 0) is 13.0 Å². The van der Waals surface area contributed by atoms with E-state index < -0.39 is 0 Å². The number of aryl methyl sites for hydroxylation is 1. The van der Waals surface area contributed by atoms with Gasteiger partial charge in [0.2, 0.25) is 0 Å². The van der Waals surface area contributed by atoms with Crippen molar-refractivity contribution in [3.63, 3.8) is 0 Å². The molecule has 1 atom stereocenters. The van der Waals surface area contributed by atoms with Crippen molar-refractivity contribution in [1.29, 1.82) is 0 Å². The molecule has 0 aliphatic carbocycles. The van der Waals surface area contributed by atoms with Gasteiger partial charge < -0.3 is 10.2 Å². The smallest absolute Gasteiger partial charge is 0.267 e. The standard InChI is InChI=1S/C19H22N4O2S.ClH/c1-2-13-3-5-14(6-4-13)16-12-20-7-8-22(16)17(24)15-11-21-19-23(18(15)25)9-10-26-19;/h3-6,11,16,20H,2,7-10,12H2,1H3;1H. The molecule has 1 saturated heterocycles. The summed E-state index contributed by atoms with van der Waals surface area (Å²) in [5, 5.41) is 4.07. The van der Waals surface area contributed by atoms with Crippen molar-refractivity contribution >= 4 is 30.1 Å². The average Bonchev–Trinajstić information content (AvgIpc) is 3.18. The van der Waals surface area contributed by atoms with E-state index in [0.717, 1.165) is 24.3 Å². The molecule has 0 spiro atoms. The number of rotatable bonds is 3. The molecule has 27 heavy (non-hydrogen) atoms. The number of hydrogen-bond acceptors (Lipinski definition) is 5. The van der Waals surface area contributed by atoms with Crippen molar-refractivity contribution in [1.82, 2.24) is 19.8 Å². The number of aromatic nitrogens is 2. The van der Waals surface area contributed by atoms with Crippen LogP contribution in [0, 0.1) is 0 Å². The van der Waals surface area contributed by atoms with Gasteiger partial charge in [0.05, 0.1) is 6.04 Å². The van der Waals surface area contributed by atoms with E-state index in [1.165, 1.54) is 11.8 Å². The van der Waals surface area contributed by atoms with Crippen LogP contribution in [0.1, 0.15) is 34.5 Å². The Morgan fingerprint density at radius 3 is 2.81 bits per heavy atom. The maximum Gasteiger partial charge on any atom is 0.267 e. The van der Waals surface area contributed by atoms with Crippen molar-refractivity contribution in [3.8, 4) is 0 Å². The molecule has 1 amide bonds. The van der Waals surface area contributed by atoms with Gasteiger partial charge in [-0.3, -0.25) is 14.2 Å². The molecule has 0 bridgehead atoms. The second kappa shape index (κ2) is 8.46. The summed E-state index contributed by atoms with van der Waals surface area (Å²) in [5.74, 6) is 0.612. The molecule has 1 unspecified atom stereocenters. The monoisotopic (exact) mass is 406 g/mol. The number of piperazine rings is 1. The minimum atomic E-state index is -0.222. The summed E-state index contributed by atoms with van der Waals surface area (Å²) in [4.78, 5) is 32.0. The second-order valence-electron chi connectivity index (χ2n) is 6.57. The molecule has 0 radical (unpaired) electrons. The fraction of sp³-hybridized carbons (Fsp3) is 0.421. The number of carbonyl (C=O) groups excluding carboxylic acids is 1. The summed E-state index contributed by atoms with van der Waals surface area (Å²) < 4.78 is 1.62. The number of halogens is 1. The topological polar surface area (TPSA) is 67.2 Å². The Morgan fingerprint density at radius 1 is 1.30 bits per heavy atom. The van der Waals surface area contributed by atoms with Crippen LogP contribution in [0.15, 0.2) is 40.4 Å². The lowest BCUT2D eigenvalue weighted by atomic mass is 10.0. The van der Waals surface area contributed by atoms with E-state index in [0.29, 0.717) is 24.8 Å². The van der Waals surface area contributed by atoms with Gasteiger partial charge in [-0.25, -0.2) is 4.98 Å². The fourth-order valence-electron chi connectivity index (χ4n) is 3.54. The lowest BCUT2D eigenvalue weighted by Crippen LogP contribution is -2.50. The molecule has 2 aliphatic rings. The highest BCUT2D eigenvalue weighted by molar-refractivity contribution is 7.99. The predicted molar refractivity (Wildman–Crippen MR) is 109 cm³/mol. The van der Waals surface area contributed by atoms with Crippen LogP contribution in [0.3, 0.4) is 0 Å². The van der Waals surface area contributed by atoms with Gasteiger partial charge in [-0.05, 0) is 17.5 Å². The number of amides is 1. The highest BCUT2D eigenvalue weighted by Gasteiger charge is 2.31. The van der Waals surface area contributed by atoms with Gasteiger partial charge in [-0.1, -0.05) is 43.0 Å². The van der Waals surface area contributed by atoms with E-state index in [4.69, 9.17) is 0 Å². The quantitative estimate of drug-likeness (QED) is 0.791. The van der Waals surface area contributed by atoms with Crippen LogP contribution in [-0.4, -0.2) is 45.7 Å². The highest BCUT2D eigenvalue weighted by atomic mass is 35.5. The molecule has 1 fully saturated rings. The molecule has 0 saturated carbocycles. The Kier molecular flexibility index (Phi) is 6.24. The molecule has 6 nitrogen and oxygen atoms in total. The first-order valence-corrected chi connectivity index (χ1v) is 10.0. The van der Waals surface area contributed by atoms with Gasteiger partial charge in [0, 0.05) is 38.1 Å². The minimum Gasteiger partial charge on any atom is -0.329 e. The van der Waals surface area contributed by atoms with Crippen LogP contribution in [0.25, 0.3) is 0 Å². The van der Waals surface area contributed by atoms with Crippen LogP contribution >= 0.6 is 24.2 Å². The van der Waals surface area contributed by atoms with Gasteiger partial charge in [0.1, 0.15) is 5.56 Å². The van der Waals surface area contributed by atoms with Crippen molar-refractivity contribution < 1.29 is 4.79 Å². The maximum atomic E-state index is 13.2. The van der Waals surface area contributed by atoms with Crippen molar-refractivity contribution in [2.75, 3.05) is 25.4 Å². The SMILES string of the molecule is CCc1ccc(C2CNCCN2C(=O)c2cnc3n(c2=O)CCS3)cc1.Cl. The summed E-state index contributed by atoms with van der Waals surface area (Å²) in [6.45, 7) is 4.74. The van der Waals surface area contributed by atoms with E-state index in [1.54, 1.807) is 16.3 Å².